The van der Waals surface area contributed by atoms with Crippen LogP contribution in [0.2, 0.25) is 10.0 Å². The molecule has 1 aromatic rings. The zero-order valence-corrected chi connectivity index (χ0v) is 14.2. The number of carbonyl (C=O) groups excluding carboxylic acids is 1. The summed E-state index contributed by atoms with van der Waals surface area (Å²) in [6.07, 6.45) is 1.49. The third-order valence-corrected chi connectivity index (χ3v) is 5.26. The topological polar surface area (TPSA) is 66.5 Å². The highest BCUT2D eigenvalue weighted by molar-refractivity contribution is 7.94. The van der Waals surface area contributed by atoms with Gasteiger partial charge in [0, 0.05) is 12.0 Å². The summed E-state index contributed by atoms with van der Waals surface area (Å²) in [6, 6.07) is 4.86. The lowest BCUT2D eigenvalue weighted by molar-refractivity contribution is -0.122. The minimum atomic E-state index is -3.16. The van der Waals surface area contributed by atoms with Crippen LogP contribution < -0.4 is 5.32 Å². The van der Waals surface area contributed by atoms with Gasteiger partial charge >= 0.3 is 0 Å². The van der Waals surface area contributed by atoms with Gasteiger partial charge in [0.15, 0.2) is 9.84 Å². The molecule has 1 heterocycles. The summed E-state index contributed by atoms with van der Waals surface area (Å²) in [5.74, 6) is -0.302. The molecule has 8 heteroatoms. The van der Waals surface area contributed by atoms with E-state index < -0.39 is 15.9 Å². The van der Waals surface area contributed by atoms with Gasteiger partial charge in [0.2, 0.25) is 5.91 Å². The summed E-state index contributed by atoms with van der Waals surface area (Å²) in [4.78, 5) is 13.7. The fourth-order valence-electron chi connectivity index (χ4n) is 2.17. The van der Waals surface area contributed by atoms with Crippen molar-refractivity contribution in [2.24, 2.45) is 0 Å². The monoisotopic (exact) mass is 362 g/mol. The Morgan fingerprint density at radius 3 is 2.68 bits per heavy atom. The maximum absolute atomic E-state index is 11.9. The van der Waals surface area contributed by atoms with Crippen LogP contribution in [0.25, 0.3) is 0 Å². The first-order valence-corrected chi connectivity index (χ1v) is 9.05. The Morgan fingerprint density at radius 2 is 2.09 bits per heavy atom. The highest BCUT2D eigenvalue weighted by atomic mass is 35.5. The minimum Gasteiger partial charge on any atom is -0.348 e. The number of carbonyl (C=O) groups is 1. The molecule has 0 radical (unpaired) electrons. The fraction of sp³-hybridized carbons (Fsp3) is 0.357. The molecule has 1 atom stereocenters. The lowest BCUT2D eigenvalue weighted by atomic mass is 10.2. The van der Waals surface area contributed by atoms with Crippen molar-refractivity contribution >= 4 is 38.9 Å². The van der Waals surface area contributed by atoms with E-state index in [-0.39, 0.29) is 18.2 Å². The smallest absolute Gasteiger partial charge is 0.234 e. The van der Waals surface area contributed by atoms with Gasteiger partial charge in [-0.15, -0.1) is 0 Å². The van der Waals surface area contributed by atoms with Gasteiger partial charge in [-0.25, -0.2) is 8.42 Å². The molecule has 120 valence electrons. The molecule has 1 aliphatic rings. The molecule has 0 aliphatic carbocycles. The van der Waals surface area contributed by atoms with Crippen LogP contribution in [-0.2, 0) is 21.2 Å². The highest BCUT2D eigenvalue weighted by Gasteiger charge is 2.23. The van der Waals surface area contributed by atoms with E-state index in [1.54, 1.807) is 19.2 Å². The van der Waals surface area contributed by atoms with Crippen molar-refractivity contribution in [3.8, 4) is 0 Å². The number of nitrogens with one attached hydrogen (secondary N) is 1. The number of hydrogen-bond acceptors (Lipinski definition) is 4. The molecule has 5 nitrogen and oxygen atoms in total. The van der Waals surface area contributed by atoms with Crippen molar-refractivity contribution in [1.29, 1.82) is 0 Å². The molecule has 0 bridgehead atoms. The van der Waals surface area contributed by atoms with Crippen molar-refractivity contribution in [2.75, 3.05) is 19.3 Å². The van der Waals surface area contributed by atoms with Crippen LogP contribution in [0.15, 0.2) is 29.7 Å². The molecule has 1 N–H and O–H groups in total. The largest absolute Gasteiger partial charge is 0.348 e. The van der Waals surface area contributed by atoms with Gasteiger partial charge in [0.25, 0.3) is 0 Å². The van der Waals surface area contributed by atoms with E-state index in [0.29, 0.717) is 16.6 Å². The van der Waals surface area contributed by atoms with Crippen molar-refractivity contribution < 1.29 is 13.2 Å². The Morgan fingerprint density at radius 1 is 1.36 bits per heavy atom. The molecule has 0 saturated carbocycles. The van der Waals surface area contributed by atoms with Gasteiger partial charge in [0.05, 0.1) is 28.4 Å². The summed E-state index contributed by atoms with van der Waals surface area (Å²) < 4.78 is 22.5. The Hall–Kier alpha value is -1.08. The van der Waals surface area contributed by atoms with Crippen LogP contribution in [-0.4, -0.2) is 44.6 Å². The summed E-state index contributed by atoms with van der Waals surface area (Å²) in [5.41, 5.74) is 0.938. The SMILES string of the molecule is CN(CC(=O)N[C@H]1C=CS(=O)(=O)C1)Cc1ccc(Cl)c(Cl)c1. The first kappa shape index (κ1) is 17.3. The molecule has 0 unspecified atom stereocenters. The average molecular weight is 363 g/mol. The van der Waals surface area contributed by atoms with E-state index in [9.17, 15) is 13.2 Å². The Kier molecular flexibility index (Phi) is 5.50. The molecular formula is C14H16Cl2N2O3S. The Balaban J connectivity index is 1.84. The number of sulfone groups is 1. The van der Waals surface area contributed by atoms with Gasteiger partial charge in [-0.2, -0.15) is 0 Å². The molecule has 2 rings (SSSR count). The lowest BCUT2D eigenvalue weighted by Gasteiger charge is -2.18. The molecule has 0 fully saturated rings. The number of benzene rings is 1. The van der Waals surface area contributed by atoms with E-state index in [2.05, 4.69) is 5.32 Å². The second kappa shape index (κ2) is 7.00. The van der Waals surface area contributed by atoms with Crippen LogP contribution in [0, 0.1) is 0 Å². The van der Waals surface area contributed by atoms with Gasteiger partial charge in [-0.3, -0.25) is 9.69 Å². The standard InChI is InChI=1S/C14H16Cl2N2O3S/c1-18(7-10-2-3-12(15)13(16)6-10)8-14(19)17-11-4-5-22(20,21)9-11/h2-6,11H,7-9H2,1H3,(H,17,19)/t11-/m0/s1. The van der Waals surface area contributed by atoms with E-state index in [0.717, 1.165) is 11.0 Å². The number of amides is 1. The van der Waals surface area contributed by atoms with Crippen molar-refractivity contribution in [3.05, 3.63) is 45.3 Å². The van der Waals surface area contributed by atoms with Gasteiger partial charge in [-0.1, -0.05) is 29.3 Å². The molecule has 1 aliphatic heterocycles. The van der Waals surface area contributed by atoms with Crippen LogP contribution in [0.4, 0.5) is 0 Å². The van der Waals surface area contributed by atoms with Crippen molar-refractivity contribution in [1.82, 2.24) is 10.2 Å². The number of likely N-dealkylation sites (N-methyl/N-ethyl adjacent to an activating group) is 1. The Labute approximate surface area is 139 Å². The van der Waals surface area contributed by atoms with E-state index in [1.807, 2.05) is 11.0 Å². The number of rotatable bonds is 5. The zero-order chi connectivity index (χ0) is 16.3. The van der Waals surface area contributed by atoms with Crippen LogP contribution in [0.5, 0.6) is 0 Å². The third-order valence-electron chi connectivity index (χ3n) is 3.13. The molecule has 1 amide bonds. The minimum absolute atomic E-state index is 0.0742. The quantitative estimate of drug-likeness (QED) is 0.867. The second-order valence-electron chi connectivity index (χ2n) is 5.25. The molecule has 22 heavy (non-hydrogen) atoms. The summed E-state index contributed by atoms with van der Waals surface area (Å²) in [6.45, 7) is 0.688. The van der Waals surface area contributed by atoms with Crippen LogP contribution in [0.1, 0.15) is 5.56 Å². The number of nitrogens with zero attached hydrogens (tertiary/aromatic N) is 1. The molecule has 0 saturated heterocycles. The van der Waals surface area contributed by atoms with Crippen LogP contribution in [0.3, 0.4) is 0 Å². The highest BCUT2D eigenvalue weighted by Crippen LogP contribution is 2.23. The van der Waals surface area contributed by atoms with Crippen molar-refractivity contribution in [2.45, 2.75) is 12.6 Å². The fourth-order valence-corrected chi connectivity index (χ4v) is 3.72. The summed E-state index contributed by atoms with van der Waals surface area (Å²) in [7, 11) is -1.37. The number of halogens is 2. The van der Waals surface area contributed by atoms with Crippen LogP contribution >= 0.6 is 23.2 Å². The van der Waals surface area contributed by atoms with Crippen molar-refractivity contribution in [3.63, 3.8) is 0 Å². The first-order valence-electron chi connectivity index (χ1n) is 6.58. The average Bonchev–Trinajstić information content (AvgIpc) is 2.72. The normalized spacial score (nSPS) is 19.5. The second-order valence-corrected chi connectivity index (χ2v) is 8.00. The Bertz CT molecular complexity index is 704. The van der Waals surface area contributed by atoms with Gasteiger partial charge in [0.1, 0.15) is 0 Å². The van der Waals surface area contributed by atoms with Gasteiger partial charge in [-0.05, 0) is 30.8 Å². The predicted molar refractivity (Wildman–Crippen MR) is 87.7 cm³/mol. The lowest BCUT2D eigenvalue weighted by Crippen LogP contribution is -2.41. The summed E-state index contributed by atoms with van der Waals surface area (Å²) in [5, 5.41) is 4.77. The molecule has 1 aromatic carbocycles. The first-order chi connectivity index (χ1) is 10.2. The van der Waals surface area contributed by atoms with E-state index in [4.69, 9.17) is 23.2 Å². The molecule has 0 spiro atoms. The predicted octanol–water partition coefficient (Wildman–Crippen LogP) is 1.85. The summed E-state index contributed by atoms with van der Waals surface area (Å²) >= 11 is 11.8. The maximum atomic E-state index is 11.9. The molecule has 0 aromatic heterocycles. The zero-order valence-electron chi connectivity index (χ0n) is 11.9. The molecular weight excluding hydrogens is 347 g/mol. The number of hydrogen-bond donors (Lipinski definition) is 1. The van der Waals surface area contributed by atoms with E-state index >= 15 is 0 Å². The third kappa shape index (κ3) is 4.98. The van der Waals surface area contributed by atoms with Gasteiger partial charge < -0.3 is 5.32 Å². The maximum Gasteiger partial charge on any atom is 0.234 e. The van der Waals surface area contributed by atoms with E-state index in [1.165, 1.54) is 6.08 Å².